The van der Waals surface area contributed by atoms with E-state index in [9.17, 15) is 14.4 Å². The summed E-state index contributed by atoms with van der Waals surface area (Å²) in [6, 6.07) is 18.7. The molecule has 0 spiro atoms. The molecule has 0 fully saturated rings. The van der Waals surface area contributed by atoms with Crippen LogP contribution in [0.5, 0.6) is 11.5 Å². The largest absolute Gasteiger partial charge is 0.494 e. The molecular formula is C27H27ClN4O5. The van der Waals surface area contributed by atoms with Crippen LogP contribution in [0.3, 0.4) is 0 Å². The first-order chi connectivity index (χ1) is 17.9. The third-order valence-corrected chi connectivity index (χ3v) is 5.15. The van der Waals surface area contributed by atoms with Crippen LogP contribution in [0.1, 0.15) is 24.5 Å². The van der Waals surface area contributed by atoms with Crippen LogP contribution in [-0.2, 0) is 14.4 Å². The number of hydrazone groups is 1. The van der Waals surface area contributed by atoms with Crippen molar-refractivity contribution in [1.29, 1.82) is 0 Å². The van der Waals surface area contributed by atoms with Gasteiger partial charge in [0.2, 0.25) is 0 Å². The Hall–Kier alpha value is -4.37. The van der Waals surface area contributed by atoms with Gasteiger partial charge in [0.1, 0.15) is 11.5 Å². The molecule has 3 aromatic carbocycles. The summed E-state index contributed by atoms with van der Waals surface area (Å²) in [5.41, 5.74) is 4.57. The van der Waals surface area contributed by atoms with Gasteiger partial charge in [0.05, 0.1) is 12.8 Å². The van der Waals surface area contributed by atoms with E-state index in [1.54, 1.807) is 66.7 Å². The molecule has 0 saturated carbocycles. The van der Waals surface area contributed by atoms with E-state index in [1.165, 1.54) is 6.21 Å². The number of carbonyl (C=O) groups excluding carboxylic acids is 3. The Bertz CT molecular complexity index is 1280. The van der Waals surface area contributed by atoms with Gasteiger partial charge in [-0.1, -0.05) is 36.7 Å². The number of carbonyl (C=O) groups is 3. The average Bonchev–Trinajstić information content (AvgIpc) is 2.89. The minimum atomic E-state index is -0.947. The lowest BCUT2D eigenvalue weighted by molar-refractivity contribution is -0.136. The first-order valence-corrected chi connectivity index (χ1v) is 11.9. The molecule has 3 rings (SSSR count). The summed E-state index contributed by atoms with van der Waals surface area (Å²) in [6.45, 7) is 4.20. The highest BCUT2D eigenvalue weighted by atomic mass is 35.5. The predicted octanol–water partition coefficient (Wildman–Crippen LogP) is 4.54. The molecule has 0 aliphatic rings. The summed E-state index contributed by atoms with van der Waals surface area (Å²) in [7, 11) is 0. The number of halogens is 1. The Labute approximate surface area is 219 Å². The van der Waals surface area contributed by atoms with Crippen LogP contribution in [0.4, 0.5) is 11.4 Å². The fourth-order valence-corrected chi connectivity index (χ4v) is 3.20. The summed E-state index contributed by atoms with van der Waals surface area (Å²) >= 11 is 5.99. The number of ether oxygens (including phenoxy) is 2. The minimum absolute atomic E-state index is 0.256. The highest BCUT2D eigenvalue weighted by molar-refractivity contribution is 6.39. The average molecular weight is 523 g/mol. The third kappa shape index (κ3) is 8.66. The minimum Gasteiger partial charge on any atom is -0.494 e. The van der Waals surface area contributed by atoms with Crippen molar-refractivity contribution < 1.29 is 23.9 Å². The van der Waals surface area contributed by atoms with E-state index in [4.69, 9.17) is 21.1 Å². The molecular weight excluding hydrogens is 496 g/mol. The zero-order chi connectivity index (χ0) is 26.6. The first-order valence-electron chi connectivity index (χ1n) is 11.5. The number of benzene rings is 3. The maximum atomic E-state index is 12.3. The highest BCUT2D eigenvalue weighted by Crippen LogP contribution is 2.21. The molecule has 0 aromatic heterocycles. The number of nitrogens with one attached hydrogen (secondary N) is 3. The number of amides is 3. The maximum absolute atomic E-state index is 12.3. The zero-order valence-corrected chi connectivity index (χ0v) is 21.2. The highest BCUT2D eigenvalue weighted by Gasteiger charge is 2.13. The second kappa shape index (κ2) is 13.6. The van der Waals surface area contributed by atoms with Gasteiger partial charge in [-0.15, -0.1) is 0 Å². The lowest BCUT2D eigenvalue weighted by atomic mass is 10.2. The Morgan fingerprint density at radius 2 is 1.70 bits per heavy atom. The zero-order valence-electron chi connectivity index (χ0n) is 20.4. The molecule has 0 aliphatic heterocycles. The quantitative estimate of drug-likeness (QED) is 0.205. The van der Waals surface area contributed by atoms with Crippen LogP contribution in [0, 0.1) is 6.92 Å². The van der Waals surface area contributed by atoms with Crippen LogP contribution < -0.4 is 25.5 Å². The SMILES string of the molecule is CCCOc1ccc(NC(=O)C(=O)N/N=C\c2ccccc2OCC(=O)Nc2cc(Cl)ccc2C)cc1. The van der Waals surface area contributed by atoms with Crippen molar-refractivity contribution in [1.82, 2.24) is 5.43 Å². The van der Waals surface area contributed by atoms with Gasteiger partial charge >= 0.3 is 11.8 Å². The number of nitrogens with zero attached hydrogens (tertiary/aromatic N) is 1. The first kappa shape index (κ1) is 27.2. The fraction of sp³-hybridized carbons (Fsp3) is 0.185. The van der Waals surface area contributed by atoms with Crippen molar-refractivity contribution in [3.05, 3.63) is 82.9 Å². The molecule has 9 nitrogen and oxygen atoms in total. The van der Waals surface area contributed by atoms with Gasteiger partial charge in [-0.05, 0) is 67.4 Å². The summed E-state index contributed by atoms with van der Waals surface area (Å²) < 4.78 is 11.1. The van der Waals surface area contributed by atoms with Crippen LogP contribution in [0.25, 0.3) is 0 Å². The van der Waals surface area contributed by atoms with E-state index in [1.807, 2.05) is 13.8 Å². The number of hydrogen-bond donors (Lipinski definition) is 3. The molecule has 0 radical (unpaired) electrons. The molecule has 3 amide bonds. The Morgan fingerprint density at radius 1 is 0.946 bits per heavy atom. The number of anilines is 2. The predicted molar refractivity (Wildman–Crippen MR) is 143 cm³/mol. The van der Waals surface area contributed by atoms with Crippen molar-refractivity contribution in [2.75, 3.05) is 23.8 Å². The van der Waals surface area contributed by atoms with Gasteiger partial charge in [0.15, 0.2) is 6.61 Å². The molecule has 10 heteroatoms. The molecule has 0 unspecified atom stereocenters. The van der Waals surface area contributed by atoms with E-state index in [-0.39, 0.29) is 12.5 Å². The molecule has 0 aliphatic carbocycles. The number of aryl methyl sites for hydroxylation is 1. The van der Waals surface area contributed by atoms with Crippen LogP contribution >= 0.6 is 11.6 Å². The topological polar surface area (TPSA) is 118 Å². The van der Waals surface area contributed by atoms with Crippen molar-refractivity contribution >= 4 is 46.9 Å². The van der Waals surface area contributed by atoms with E-state index in [0.717, 1.165) is 12.0 Å². The monoisotopic (exact) mass is 522 g/mol. The number of para-hydroxylation sites is 1. The van der Waals surface area contributed by atoms with Crippen molar-refractivity contribution in [2.45, 2.75) is 20.3 Å². The smallest absolute Gasteiger partial charge is 0.329 e. The van der Waals surface area contributed by atoms with Crippen molar-refractivity contribution in [2.24, 2.45) is 5.10 Å². The van der Waals surface area contributed by atoms with Crippen LogP contribution in [-0.4, -0.2) is 37.1 Å². The van der Waals surface area contributed by atoms with Gasteiger partial charge in [-0.2, -0.15) is 5.10 Å². The van der Waals surface area contributed by atoms with Gasteiger partial charge in [0, 0.05) is 22.0 Å². The maximum Gasteiger partial charge on any atom is 0.329 e. The Kier molecular flexibility index (Phi) is 10.0. The third-order valence-electron chi connectivity index (χ3n) is 4.91. The van der Waals surface area contributed by atoms with Gasteiger partial charge in [0.25, 0.3) is 5.91 Å². The van der Waals surface area contributed by atoms with Crippen molar-refractivity contribution in [3.8, 4) is 11.5 Å². The van der Waals surface area contributed by atoms with Gasteiger partial charge in [-0.25, -0.2) is 5.43 Å². The fourth-order valence-electron chi connectivity index (χ4n) is 3.03. The van der Waals surface area contributed by atoms with E-state index < -0.39 is 11.8 Å². The molecule has 0 bridgehead atoms. The molecule has 192 valence electrons. The second-order valence-corrected chi connectivity index (χ2v) is 8.30. The molecule has 0 saturated heterocycles. The van der Waals surface area contributed by atoms with Gasteiger partial charge in [-0.3, -0.25) is 14.4 Å². The van der Waals surface area contributed by atoms with E-state index >= 15 is 0 Å². The van der Waals surface area contributed by atoms with Gasteiger partial charge < -0.3 is 20.1 Å². The molecule has 0 heterocycles. The van der Waals surface area contributed by atoms with Crippen molar-refractivity contribution in [3.63, 3.8) is 0 Å². The van der Waals surface area contributed by atoms with Crippen LogP contribution in [0.15, 0.2) is 71.8 Å². The Balaban J connectivity index is 1.51. The number of rotatable bonds is 10. The second-order valence-electron chi connectivity index (χ2n) is 7.86. The molecule has 3 N–H and O–H groups in total. The molecule has 0 atom stereocenters. The van der Waals surface area contributed by atoms with Crippen LogP contribution in [0.2, 0.25) is 5.02 Å². The normalized spacial score (nSPS) is 10.6. The summed E-state index contributed by atoms with van der Waals surface area (Å²) in [5, 5.41) is 9.58. The summed E-state index contributed by atoms with van der Waals surface area (Å²) in [5.74, 6) is -1.15. The lowest BCUT2D eigenvalue weighted by Gasteiger charge is -2.11. The standard InChI is InChI=1S/C27H27ClN4O5/c1-3-14-36-22-12-10-21(11-13-22)30-26(34)27(35)32-29-16-19-6-4-5-7-24(19)37-17-25(33)31-23-15-20(28)9-8-18(23)2/h4-13,15-16H,3,14,17H2,1-2H3,(H,30,34)(H,31,33)(H,32,35)/b29-16-. The number of hydrogen-bond acceptors (Lipinski definition) is 6. The molecule has 3 aromatic rings. The summed E-state index contributed by atoms with van der Waals surface area (Å²) in [4.78, 5) is 36.6. The van der Waals surface area contributed by atoms with E-state index in [2.05, 4.69) is 21.2 Å². The Morgan fingerprint density at radius 3 is 2.46 bits per heavy atom. The summed E-state index contributed by atoms with van der Waals surface area (Å²) in [6.07, 6.45) is 2.20. The lowest BCUT2D eigenvalue weighted by Crippen LogP contribution is -2.32. The molecule has 37 heavy (non-hydrogen) atoms. The van der Waals surface area contributed by atoms with E-state index in [0.29, 0.717) is 40.1 Å².